The average Bonchev–Trinajstić information content (AvgIpc) is 2.93. The maximum Gasteiger partial charge on any atom is 0.225 e. The third-order valence-corrected chi connectivity index (χ3v) is 6.68. The van der Waals surface area contributed by atoms with Gasteiger partial charge in [-0.15, -0.1) is 11.3 Å². The predicted molar refractivity (Wildman–Crippen MR) is 103 cm³/mol. The van der Waals surface area contributed by atoms with Crippen molar-refractivity contribution >= 4 is 38.9 Å². The summed E-state index contributed by atoms with van der Waals surface area (Å²) in [5, 5.41) is 2.06. The number of carbonyl (C=O) groups is 1. The van der Waals surface area contributed by atoms with Gasteiger partial charge in [0.15, 0.2) is 0 Å². The largest absolute Gasteiger partial charge is 0.343 e. The Morgan fingerprint density at radius 1 is 1.25 bits per heavy atom. The summed E-state index contributed by atoms with van der Waals surface area (Å²) in [5.41, 5.74) is 0. The van der Waals surface area contributed by atoms with Crippen molar-refractivity contribution in [2.45, 2.75) is 33.2 Å². The summed E-state index contributed by atoms with van der Waals surface area (Å²) in [4.78, 5) is 18.1. The minimum absolute atomic E-state index is 0.194. The van der Waals surface area contributed by atoms with E-state index in [0.717, 1.165) is 56.0 Å². The Balaban J connectivity index is 1.61. The van der Waals surface area contributed by atoms with Crippen molar-refractivity contribution < 1.29 is 4.79 Å². The van der Waals surface area contributed by atoms with Crippen molar-refractivity contribution in [3.8, 4) is 0 Å². The second-order valence-electron chi connectivity index (χ2n) is 6.40. The lowest BCUT2D eigenvalue weighted by Crippen LogP contribution is -2.42. The number of piperidine rings is 1. The van der Waals surface area contributed by atoms with Crippen molar-refractivity contribution in [2.24, 2.45) is 5.92 Å². The molecule has 0 unspecified atom stereocenters. The topological polar surface area (TPSA) is 23.6 Å². The number of amides is 1. The second kappa shape index (κ2) is 7.85. The highest BCUT2D eigenvalue weighted by Gasteiger charge is 2.28. The molecule has 1 aliphatic rings. The van der Waals surface area contributed by atoms with Crippen LogP contribution in [0.1, 0.15) is 31.6 Å². The number of hydrogen-bond donors (Lipinski definition) is 0. The zero-order chi connectivity index (χ0) is 17.1. The van der Waals surface area contributed by atoms with Gasteiger partial charge in [0.25, 0.3) is 0 Å². The summed E-state index contributed by atoms with van der Waals surface area (Å²) < 4.78 is 1.25. The molecule has 1 saturated heterocycles. The number of fused-ring (bicyclic) bond motifs is 1. The number of benzene rings is 1. The first-order valence-corrected chi connectivity index (χ1v) is 10.0. The van der Waals surface area contributed by atoms with Crippen LogP contribution >= 0.6 is 22.9 Å². The number of carbonyl (C=O) groups excluding carboxylic acids is 1. The molecule has 0 aliphatic carbocycles. The van der Waals surface area contributed by atoms with Crippen LogP contribution < -0.4 is 0 Å². The van der Waals surface area contributed by atoms with Gasteiger partial charge in [0, 0.05) is 40.5 Å². The zero-order valence-corrected chi connectivity index (χ0v) is 16.0. The number of likely N-dealkylation sites (tertiary alicyclic amines) is 1. The lowest BCUT2D eigenvalue weighted by Gasteiger charge is -2.33. The van der Waals surface area contributed by atoms with E-state index in [0.29, 0.717) is 5.91 Å². The van der Waals surface area contributed by atoms with Gasteiger partial charge in [-0.25, -0.2) is 0 Å². The van der Waals surface area contributed by atoms with E-state index in [1.165, 1.54) is 9.58 Å². The molecule has 2 aromatic rings. The Kier molecular flexibility index (Phi) is 5.80. The molecular formula is C19H25ClN2OS. The van der Waals surface area contributed by atoms with Crippen LogP contribution in [0, 0.1) is 5.92 Å². The van der Waals surface area contributed by atoms with Gasteiger partial charge in [-0.3, -0.25) is 9.69 Å². The Hall–Kier alpha value is -1.10. The molecule has 0 radical (unpaired) electrons. The van der Waals surface area contributed by atoms with Gasteiger partial charge < -0.3 is 4.90 Å². The number of hydrogen-bond acceptors (Lipinski definition) is 3. The summed E-state index contributed by atoms with van der Waals surface area (Å²) in [5.74, 6) is 0.526. The van der Waals surface area contributed by atoms with E-state index in [2.05, 4.69) is 36.9 Å². The molecule has 1 aromatic carbocycles. The van der Waals surface area contributed by atoms with Gasteiger partial charge in [-0.1, -0.05) is 29.8 Å². The van der Waals surface area contributed by atoms with Crippen LogP contribution in [-0.4, -0.2) is 41.9 Å². The van der Waals surface area contributed by atoms with Crippen molar-refractivity contribution in [3.05, 3.63) is 34.2 Å². The molecule has 0 N–H and O–H groups in total. The van der Waals surface area contributed by atoms with E-state index >= 15 is 0 Å². The monoisotopic (exact) mass is 364 g/mol. The lowest BCUT2D eigenvalue weighted by atomic mass is 9.95. The van der Waals surface area contributed by atoms with E-state index in [1.807, 2.05) is 11.0 Å². The van der Waals surface area contributed by atoms with Crippen LogP contribution in [0.5, 0.6) is 0 Å². The molecule has 0 atom stereocenters. The minimum atomic E-state index is 0.194. The number of rotatable bonds is 5. The van der Waals surface area contributed by atoms with Gasteiger partial charge in [0.2, 0.25) is 5.91 Å². The van der Waals surface area contributed by atoms with Crippen LogP contribution in [0.25, 0.3) is 10.1 Å². The highest BCUT2D eigenvalue weighted by atomic mass is 35.5. The SMILES string of the molecule is CCN(CC)C(=O)C1CCN(Cc2sc3ccccc3c2Cl)CC1. The summed E-state index contributed by atoms with van der Waals surface area (Å²) >= 11 is 8.35. The molecule has 0 bridgehead atoms. The van der Waals surface area contributed by atoms with E-state index in [9.17, 15) is 4.79 Å². The van der Waals surface area contributed by atoms with Crippen LogP contribution in [-0.2, 0) is 11.3 Å². The molecular weight excluding hydrogens is 340 g/mol. The summed E-state index contributed by atoms with van der Waals surface area (Å²) in [6.07, 6.45) is 1.91. The summed E-state index contributed by atoms with van der Waals surface area (Å²) in [6.45, 7) is 8.58. The average molecular weight is 365 g/mol. The Bertz CT molecular complexity index is 702. The van der Waals surface area contributed by atoms with Gasteiger partial charge in [-0.05, 0) is 45.8 Å². The van der Waals surface area contributed by atoms with Crippen molar-refractivity contribution in [1.82, 2.24) is 9.80 Å². The van der Waals surface area contributed by atoms with Crippen molar-refractivity contribution in [3.63, 3.8) is 0 Å². The standard InChI is InChI=1S/C19H25ClN2OS/c1-3-22(4-2)19(23)14-9-11-21(12-10-14)13-17-18(20)15-7-5-6-8-16(15)24-17/h5-8,14H,3-4,9-13H2,1-2H3. The normalized spacial score (nSPS) is 16.6. The Morgan fingerprint density at radius 3 is 2.54 bits per heavy atom. The van der Waals surface area contributed by atoms with Gasteiger partial charge in [-0.2, -0.15) is 0 Å². The quantitative estimate of drug-likeness (QED) is 0.771. The maximum absolute atomic E-state index is 12.5. The van der Waals surface area contributed by atoms with E-state index in [4.69, 9.17) is 11.6 Å². The predicted octanol–water partition coefficient (Wildman–Crippen LogP) is 4.64. The molecule has 0 saturated carbocycles. The molecule has 1 fully saturated rings. The first-order chi connectivity index (χ1) is 11.6. The molecule has 2 heterocycles. The first kappa shape index (κ1) is 17.7. The highest BCUT2D eigenvalue weighted by Crippen LogP contribution is 2.36. The molecule has 0 spiro atoms. The van der Waals surface area contributed by atoms with Gasteiger partial charge in [0.1, 0.15) is 0 Å². The second-order valence-corrected chi connectivity index (χ2v) is 7.91. The number of thiophene rings is 1. The third-order valence-electron chi connectivity index (χ3n) is 4.98. The molecule has 1 aromatic heterocycles. The van der Waals surface area contributed by atoms with Crippen molar-refractivity contribution in [1.29, 1.82) is 0 Å². The fourth-order valence-electron chi connectivity index (χ4n) is 3.50. The molecule has 3 rings (SSSR count). The van der Waals surface area contributed by atoms with Gasteiger partial charge >= 0.3 is 0 Å². The third kappa shape index (κ3) is 3.61. The zero-order valence-electron chi connectivity index (χ0n) is 14.4. The molecule has 1 amide bonds. The van der Waals surface area contributed by atoms with E-state index in [-0.39, 0.29) is 5.92 Å². The Morgan fingerprint density at radius 2 is 1.92 bits per heavy atom. The Labute approximate surface area is 153 Å². The minimum Gasteiger partial charge on any atom is -0.343 e. The summed E-state index contributed by atoms with van der Waals surface area (Å²) in [6, 6.07) is 8.31. The molecule has 5 heteroatoms. The van der Waals surface area contributed by atoms with Crippen LogP contribution in [0.2, 0.25) is 5.02 Å². The van der Waals surface area contributed by atoms with Crippen molar-refractivity contribution in [2.75, 3.05) is 26.2 Å². The highest BCUT2D eigenvalue weighted by molar-refractivity contribution is 7.19. The van der Waals surface area contributed by atoms with Crippen LogP contribution in [0.3, 0.4) is 0 Å². The fraction of sp³-hybridized carbons (Fsp3) is 0.526. The summed E-state index contributed by atoms with van der Waals surface area (Å²) in [7, 11) is 0. The molecule has 1 aliphatic heterocycles. The molecule has 3 nitrogen and oxygen atoms in total. The first-order valence-electron chi connectivity index (χ1n) is 8.81. The fourth-order valence-corrected chi connectivity index (χ4v) is 5.04. The van der Waals surface area contributed by atoms with E-state index in [1.54, 1.807) is 11.3 Å². The smallest absolute Gasteiger partial charge is 0.225 e. The number of nitrogens with zero attached hydrogens (tertiary/aromatic N) is 2. The molecule has 24 heavy (non-hydrogen) atoms. The maximum atomic E-state index is 12.5. The molecule has 130 valence electrons. The van der Waals surface area contributed by atoms with Crippen LogP contribution in [0.4, 0.5) is 0 Å². The lowest BCUT2D eigenvalue weighted by molar-refractivity contribution is -0.136. The van der Waals surface area contributed by atoms with Crippen LogP contribution in [0.15, 0.2) is 24.3 Å². The van der Waals surface area contributed by atoms with Gasteiger partial charge in [0.05, 0.1) is 5.02 Å². The number of halogens is 1. The van der Waals surface area contributed by atoms with E-state index < -0.39 is 0 Å².